The Bertz CT molecular complexity index is 649. The Kier molecular flexibility index (Phi) is 5.43. The number of benzene rings is 1. The molecule has 1 aromatic heterocycles. The van der Waals surface area contributed by atoms with E-state index in [1.54, 1.807) is 6.20 Å². The van der Waals surface area contributed by atoms with Crippen molar-refractivity contribution in [2.75, 3.05) is 31.5 Å². The minimum Gasteiger partial charge on any atom is -0.322 e. The Labute approximate surface area is 143 Å². The number of carbonyl (C=O) groups is 1. The van der Waals surface area contributed by atoms with Gasteiger partial charge in [0.05, 0.1) is 0 Å². The van der Waals surface area contributed by atoms with Crippen molar-refractivity contribution in [3.8, 4) is 0 Å². The Morgan fingerprint density at radius 2 is 1.83 bits per heavy atom. The summed E-state index contributed by atoms with van der Waals surface area (Å²) in [5.74, 6) is 0. The van der Waals surface area contributed by atoms with Crippen LogP contribution >= 0.6 is 0 Å². The maximum Gasteiger partial charge on any atom is 0.321 e. The predicted molar refractivity (Wildman–Crippen MR) is 95.9 cm³/mol. The van der Waals surface area contributed by atoms with Crippen LogP contribution in [0.4, 0.5) is 10.5 Å². The summed E-state index contributed by atoms with van der Waals surface area (Å²) in [6, 6.07) is 12.1. The van der Waals surface area contributed by atoms with Crippen molar-refractivity contribution in [3.05, 3.63) is 59.9 Å². The molecule has 5 heteroatoms. The zero-order valence-corrected chi connectivity index (χ0v) is 14.1. The van der Waals surface area contributed by atoms with E-state index in [0.29, 0.717) is 0 Å². The molecule has 24 heavy (non-hydrogen) atoms. The number of rotatable bonds is 4. The first-order chi connectivity index (χ1) is 11.7. The largest absolute Gasteiger partial charge is 0.322 e. The van der Waals surface area contributed by atoms with Crippen LogP contribution in [0.5, 0.6) is 0 Å². The van der Waals surface area contributed by atoms with Crippen LogP contribution in [0.1, 0.15) is 18.1 Å². The van der Waals surface area contributed by atoms with Crippen molar-refractivity contribution in [1.29, 1.82) is 0 Å². The van der Waals surface area contributed by atoms with Gasteiger partial charge in [0, 0.05) is 50.8 Å². The standard InChI is InChI=1S/C19H24N4O/c1-2-16-5-7-18(8-6-16)21-19(24)23-12-10-22(11-13-23)15-17-4-3-9-20-14-17/h3-9,14H,2,10-13,15H2,1H3,(H,21,24). The molecule has 1 fully saturated rings. The van der Waals surface area contributed by atoms with E-state index in [4.69, 9.17) is 0 Å². The molecule has 0 unspecified atom stereocenters. The topological polar surface area (TPSA) is 48.5 Å². The van der Waals surface area contributed by atoms with Gasteiger partial charge in [-0.2, -0.15) is 0 Å². The number of urea groups is 1. The third kappa shape index (κ3) is 4.32. The molecule has 5 nitrogen and oxygen atoms in total. The van der Waals surface area contributed by atoms with Gasteiger partial charge in [-0.15, -0.1) is 0 Å². The molecule has 2 aromatic rings. The van der Waals surface area contributed by atoms with Crippen molar-refractivity contribution >= 4 is 11.7 Å². The Morgan fingerprint density at radius 3 is 2.46 bits per heavy atom. The second-order valence-corrected chi connectivity index (χ2v) is 6.11. The first-order valence-electron chi connectivity index (χ1n) is 8.50. The van der Waals surface area contributed by atoms with E-state index >= 15 is 0 Å². The van der Waals surface area contributed by atoms with Crippen LogP contribution in [0.15, 0.2) is 48.8 Å². The van der Waals surface area contributed by atoms with E-state index in [1.807, 2.05) is 29.3 Å². The van der Waals surface area contributed by atoms with Gasteiger partial charge in [-0.3, -0.25) is 9.88 Å². The van der Waals surface area contributed by atoms with Crippen LogP contribution in [0.2, 0.25) is 0 Å². The quantitative estimate of drug-likeness (QED) is 0.940. The highest BCUT2D eigenvalue weighted by atomic mass is 16.2. The fourth-order valence-corrected chi connectivity index (χ4v) is 2.89. The van der Waals surface area contributed by atoms with Gasteiger partial charge in [0.2, 0.25) is 0 Å². The summed E-state index contributed by atoms with van der Waals surface area (Å²) in [5.41, 5.74) is 3.35. The molecule has 1 aliphatic heterocycles. The van der Waals surface area contributed by atoms with Gasteiger partial charge < -0.3 is 10.2 Å². The smallest absolute Gasteiger partial charge is 0.321 e. The minimum atomic E-state index is -0.0136. The lowest BCUT2D eigenvalue weighted by atomic mass is 10.1. The molecule has 1 aromatic carbocycles. The van der Waals surface area contributed by atoms with E-state index in [9.17, 15) is 4.79 Å². The summed E-state index contributed by atoms with van der Waals surface area (Å²) in [6.45, 7) is 6.28. The van der Waals surface area contributed by atoms with E-state index in [-0.39, 0.29) is 6.03 Å². The van der Waals surface area contributed by atoms with E-state index in [0.717, 1.165) is 44.8 Å². The van der Waals surface area contributed by atoms with Crippen LogP contribution in [-0.2, 0) is 13.0 Å². The van der Waals surface area contributed by atoms with Crippen LogP contribution < -0.4 is 5.32 Å². The van der Waals surface area contributed by atoms with Crippen molar-refractivity contribution in [3.63, 3.8) is 0 Å². The highest BCUT2D eigenvalue weighted by molar-refractivity contribution is 5.89. The number of anilines is 1. The molecular formula is C19H24N4O. The SMILES string of the molecule is CCc1ccc(NC(=O)N2CCN(Cc3cccnc3)CC2)cc1. The summed E-state index contributed by atoms with van der Waals surface area (Å²) >= 11 is 0. The molecule has 1 N–H and O–H groups in total. The summed E-state index contributed by atoms with van der Waals surface area (Å²) in [7, 11) is 0. The number of nitrogens with one attached hydrogen (secondary N) is 1. The molecule has 3 rings (SSSR count). The van der Waals surface area contributed by atoms with Crippen molar-refractivity contribution in [2.24, 2.45) is 0 Å². The molecule has 0 radical (unpaired) electrons. The second kappa shape index (κ2) is 7.93. The average Bonchev–Trinajstić information content (AvgIpc) is 2.64. The number of carbonyl (C=O) groups excluding carboxylic acids is 1. The maximum absolute atomic E-state index is 12.4. The third-order valence-electron chi connectivity index (χ3n) is 4.40. The molecule has 0 spiro atoms. The lowest BCUT2D eigenvalue weighted by Gasteiger charge is -2.34. The second-order valence-electron chi connectivity index (χ2n) is 6.11. The van der Waals surface area contributed by atoms with E-state index < -0.39 is 0 Å². The number of pyridine rings is 1. The number of aryl methyl sites for hydroxylation is 1. The Hall–Kier alpha value is -2.40. The van der Waals surface area contributed by atoms with Gasteiger partial charge in [-0.05, 0) is 35.7 Å². The van der Waals surface area contributed by atoms with Gasteiger partial charge in [-0.25, -0.2) is 4.79 Å². The summed E-state index contributed by atoms with van der Waals surface area (Å²) < 4.78 is 0. The average molecular weight is 324 g/mol. The van der Waals surface area contributed by atoms with Gasteiger partial charge >= 0.3 is 6.03 Å². The van der Waals surface area contributed by atoms with Gasteiger partial charge in [0.15, 0.2) is 0 Å². The van der Waals surface area contributed by atoms with E-state index in [1.165, 1.54) is 11.1 Å². The monoisotopic (exact) mass is 324 g/mol. The molecule has 0 bridgehead atoms. The summed E-state index contributed by atoms with van der Waals surface area (Å²) in [5, 5.41) is 2.99. The fraction of sp³-hybridized carbons (Fsp3) is 0.368. The maximum atomic E-state index is 12.4. The van der Waals surface area contributed by atoms with Crippen molar-refractivity contribution in [2.45, 2.75) is 19.9 Å². The van der Waals surface area contributed by atoms with E-state index in [2.05, 4.69) is 40.3 Å². The molecular weight excluding hydrogens is 300 g/mol. The number of hydrogen-bond acceptors (Lipinski definition) is 3. The Morgan fingerprint density at radius 1 is 1.08 bits per heavy atom. The Balaban J connectivity index is 1.47. The molecule has 126 valence electrons. The van der Waals surface area contributed by atoms with Gasteiger partial charge in [0.25, 0.3) is 0 Å². The summed E-state index contributed by atoms with van der Waals surface area (Å²) in [4.78, 5) is 20.8. The number of piperazine rings is 1. The fourth-order valence-electron chi connectivity index (χ4n) is 2.89. The molecule has 1 aliphatic rings. The number of nitrogens with zero attached hydrogens (tertiary/aromatic N) is 3. The van der Waals surface area contributed by atoms with Crippen molar-refractivity contribution in [1.82, 2.24) is 14.8 Å². The summed E-state index contributed by atoms with van der Waals surface area (Å²) in [6.07, 6.45) is 4.70. The van der Waals surface area contributed by atoms with Crippen molar-refractivity contribution < 1.29 is 4.79 Å². The highest BCUT2D eigenvalue weighted by Gasteiger charge is 2.21. The van der Waals surface area contributed by atoms with Crippen LogP contribution in [0.25, 0.3) is 0 Å². The molecule has 2 amide bonds. The zero-order chi connectivity index (χ0) is 16.8. The normalized spacial score (nSPS) is 15.3. The minimum absolute atomic E-state index is 0.0136. The molecule has 2 heterocycles. The van der Waals surface area contributed by atoms with Crippen LogP contribution in [-0.4, -0.2) is 47.0 Å². The van der Waals surface area contributed by atoms with Crippen LogP contribution in [0, 0.1) is 0 Å². The highest BCUT2D eigenvalue weighted by Crippen LogP contribution is 2.12. The predicted octanol–water partition coefficient (Wildman–Crippen LogP) is 2.99. The lowest BCUT2D eigenvalue weighted by Crippen LogP contribution is -2.49. The molecule has 0 atom stereocenters. The number of hydrogen-bond donors (Lipinski definition) is 1. The number of aromatic nitrogens is 1. The molecule has 1 saturated heterocycles. The first-order valence-corrected chi connectivity index (χ1v) is 8.50. The van der Waals surface area contributed by atoms with Crippen LogP contribution in [0.3, 0.4) is 0 Å². The molecule has 0 saturated carbocycles. The lowest BCUT2D eigenvalue weighted by molar-refractivity contribution is 0.143. The number of amides is 2. The molecule has 0 aliphatic carbocycles. The van der Waals surface area contributed by atoms with Gasteiger partial charge in [-0.1, -0.05) is 25.1 Å². The zero-order valence-electron chi connectivity index (χ0n) is 14.1. The third-order valence-corrected chi connectivity index (χ3v) is 4.40. The van der Waals surface area contributed by atoms with Gasteiger partial charge in [0.1, 0.15) is 0 Å². The first kappa shape index (κ1) is 16.5.